The number of halogens is 2. The van der Waals surface area contributed by atoms with Crippen molar-refractivity contribution < 1.29 is 4.74 Å². The molecule has 0 aromatic heterocycles. The summed E-state index contributed by atoms with van der Waals surface area (Å²) in [6, 6.07) is 5.89. The second-order valence-corrected chi connectivity index (χ2v) is 4.34. The van der Waals surface area contributed by atoms with E-state index in [0.29, 0.717) is 6.54 Å². The molecule has 0 aliphatic carbocycles. The maximum Gasteiger partial charge on any atom is 0.124 e. The molecule has 3 nitrogen and oxygen atoms in total. The largest absolute Gasteiger partial charge is 0.496 e. The van der Waals surface area contributed by atoms with Gasteiger partial charge >= 0.3 is 0 Å². The number of benzene rings is 1. The molecule has 0 spiro atoms. The Balaban J connectivity index is 0.00000225. The van der Waals surface area contributed by atoms with Crippen molar-refractivity contribution in [1.82, 2.24) is 0 Å². The van der Waals surface area contributed by atoms with Gasteiger partial charge in [-0.05, 0) is 31.5 Å². The smallest absolute Gasteiger partial charge is 0.124 e. The number of methoxy groups -OCH3 is 1. The zero-order valence-electron chi connectivity index (χ0n) is 9.28. The quantitative estimate of drug-likeness (QED) is 0.879. The van der Waals surface area contributed by atoms with Gasteiger partial charge in [0.2, 0.25) is 0 Å². The van der Waals surface area contributed by atoms with Crippen LogP contribution in [0.15, 0.2) is 22.7 Å². The van der Waals surface area contributed by atoms with E-state index in [1.165, 1.54) is 0 Å². The summed E-state index contributed by atoms with van der Waals surface area (Å²) in [5.74, 6) is 0.828. The highest BCUT2D eigenvalue weighted by molar-refractivity contribution is 9.10. The Bertz CT molecular complexity index is 323. The van der Waals surface area contributed by atoms with Crippen molar-refractivity contribution in [3.05, 3.63) is 28.2 Å². The van der Waals surface area contributed by atoms with Crippen LogP contribution in [0, 0.1) is 0 Å². The summed E-state index contributed by atoms with van der Waals surface area (Å²) in [5, 5.41) is 0. The van der Waals surface area contributed by atoms with Crippen LogP contribution in [0.5, 0.6) is 5.75 Å². The molecule has 16 heavy (non-hydrogen) atoms. The summed E-state index contributed by atoms with van der Waals surface area (Å²) in [7, 11) is 1.65. The fraction of sp³-hybridized carbons (Fsp3) is 0.455. The van der Waals surface area contributed by atoms with E-state index in [1.807, 2.05) is 18.2 Å². The lowest BCUT2D eigenvalue weighted by molar-refractivity contribution is 0.403. The Labute approximate surface area is 111 Å². The van der Waals surface area contributed by atoms with Gasteiger partial charge in [-0.2, -0.15) is 0 Å². The van der Waals surface area contributed by atoms with Crippen LogP contribution in [-0.4, -0.2) is 13.7 Å². The normalized spacial score (nSPS) is 11.8. The highest BCUT2D eigenvalue weighted by atomic mass is 79.9. The molecule has 0 heterocycles. The molecule has 1 atom stereocenters. The zero-order valence-corrected chi connectivity index (χ0v) is 11.7. The number of rotatable bonds is 5. The van der Waals surface area contributed by atoms with E-state index in [1.54, 1.807) is 7.11 Å². The van der Waals surface area contributed by atoms with E-state index in [9.17, 15) is 0 Å². The molecular weight excluding hydrogens is 291 g/mol. The van der Waals surface area contributed by atoms with Crippen LogP contribution in [-0.2, 0) is 0 Å². The standard InChI is InChI=1S/C11H17BrN2O.ClH/c1-15-11-7-8(12)4-5-9(11)10(14)3-2-6-13;/h4-5,7,10H,2-3,6,13-14H2,1H3;1H/t10-;/m1./s1. The van der Waals surface area contributed by atoms with E-state index < -0.39 is 0 Å². The molecule has 0 saturated carbocycles. The zero-order chi connectivity index (χ0) is 11.3. The molecule has 1 aromatic carbocycles. The first-order valence-electron chi connectivity index (χ1n) is 4.98. The third-order valence-corrected chi connectivity index (χ3v) is 2.81. The van der Waals surface area contributed by atoms with Crippen LogP contribution >= 0.6 is 28.3 Å². The van der Waals surface area contributed by atoms with Crippen LogP contribution < -0.4 is 16.2 Å². The Morgan fingerprint density at radius 2 is 2.12 bits per heavy atom. The second-order valence-electron chi connectivity index (χ2n) is 3.42. The molecule has 0 amide bonds. The van der Waals surface area contributed by atoms with Crippen LogP contribution in [0.2, 0.25) is 0 Å². The predicted octanol–water partition coefficient (Wildman–Crippen LogP) is 2.62. The molecule has 0 aliphatic heterocycles. The second kappa shape index (κ2) is 7.90. The third kappa shape index (κ3) is 4.29. The van der Waals surface area contributed by atoms with E-state index >= 15 is 0 Å². The van der Waals surface area contributed by atoms with Gasteiger partial charge in [-0.15, -0.1) is 12.4 Å². The lowest BCUT2D eigenvalue weighted by Gasteiger charge is -2.15. The Kier molecular flexibility index (Phi) is 7.76. The molecular formula is C11H18BrClN2O. The average molecular weight is 310 g/mol. The summed E-state index contributed by atoms with van der Waals surface area (Å²) in [5.41, 5.74) is 12.5. The summed E-state index contributed by atoms with van der Waals surface area (Å²) in [4.78, 5) is 0. The van der Waals surface area contributed by atoms with Gasteiger partial charge in [-0.1, -0.05) is 22.0 Å². The van der Waals surface area contributed by atoms with Gasteiger partial charge in [-0.25, -0.2) is 0 Å². The summed E-state index contributed by atoms with van der Waals surface area (Å²) < 4.78 is 6.28. The molecule has 0 saturated heterocycles. The Morgan fingerprint density at radius 1 is 1.44 bits per heavy atom. The van der Waals surface area contributed by atoms with Crippen LogP contribution in [0.1, 0.15) is 24.4 Å². The highest BCUT2D eigenvalue weighted by Crippen LogP contribution is 2.29. The average Bonchev–Trinajstić information content (AvgIpc) is 2.25. The van der Waals surface area contributed by atoms with E-state index in [-0.39, 0.29) is 18.4 Å². The summed E-state index contributed by atoms with van der Waals surface area (Å²) in [6.07, 6.45) is 1.81. The van der Waals surface area contributed by atoms with E-state index in [4.69, 9.17) is 16.2 Å². The lowest BCUT2D eigenvalue weighted by Crippen LogP contribution is -2.13. The van der Waals surface area contributed by atoms with Crippen molar-refractivity contribution in [2.75, 3.05) is 13.7 Å². The van der Waals surface area contributed by atoms with Gasteiger partial charge in [0.1, 0.15) is 5.75 Å². The molecule has 0 bridgehead atoms. The Morgan fingerprint density at radius 3 is 2.69 bits per heavy atom. The van der Waals surface area contributed by atoms with Gasteiger partial charge in [0.25, 0.3) is 0 Å². The minimum atomic E-state index is -0.00315. The number of hydrogen-bond donors (Lipinski definition) is 2. The maximum absolute atomic E-state index is 6.06. The molecule has 92 valence electrons. The molecule has 4 N–H and O–H groups in total. The van der Waals surface area contributed by atoms with Crippen molar-refractivity contribution in [2.24, 2.45) is 11.5 Å². The predicted molar refractivity (Wildman–Crippen MR) is 73.2 cm³/mol. The van der Waals surface area contributed by atoms with Crippen LogP contribution in [0.3, 0.4) is 0 Å². The fourth-order valence-electron chi connectivity index (χ4n) is 1.48. The molecule has 5 heteroatoms. The molecule has 1 aromatic rings. The maximum atomic E-state index is 6.06. The first kappa shape index (κ1) is 15.7. The molecule has 0 aliphatic rings. The van der Waals surface area contributed by atoms with Crippen molar-refractivity contribution >= 4 is 28.3 Å². The Hall–Kier alpha value is -0.290. The van der Waals surface area contributed by atoms with Gasteiger partial charge < -0.3 is 16.2 Å². The van der Waals surface area contributed by atoms with Gasteiger partial charge in [0.15, 0.2) is 0 Å². The van der Waals surface area contributed by atoms with E-state index in [0.717, 1.165) is 28.6 Å². The summed E-state index contributed by atoms with van der Waals surface area (Å²) in [6.45, 7) is 0.673. The van der Waals surface area contributed by atoms with Crippen molar-refractivity contribution in [3.63, 3.8) is 0 Å². The third-order valence-electron chi connectivity index (χ3n) is 2.31. The monoisotopic (exact) mass is 308 g/mol. The number of ether oxygens (including phenoxy) is 1. The molecule has 0 fully saturated rings. The molecule has 0 unspecified atom stereocenters. The van der Waals surface area contributed by atoms with Gasteiger partial charge in [0.05, 0.1) is 7.11 Å². The van der Waals surface area contributed by atoms with Crippen LogP contribution in [0.25, 0.3) is 0 Å². The van der Waals surface area contributed by atoms with Gasteiger partial charge in [0, 0.05) is 16.1 Å². The van der Waals surface area contributed by atoms with Crippen molar-refractivity contribution in [1.29, 1.82) is 0 Å². The fourth-order valence-corrected chi connectivity index (χ4v) is 1.82. The number of nitrogens with two attached hydrogens (primary N) is 2. The SMILES string of the molecule is COc1cc(Br)ccc1[C@H](N)CCCN.Cl. The number of hydrogen-bond acceptors (Lipinski definition) is 3. The first-order chi connectivity index (χ1) is 7.19. The van der Waals surface area contributed by atoms with Crippen LogP contribution in [0.4, 0.5) is 0 Å². The molecule has 1 rings (SSSR count). The summed E-state index contributed by atoms with van der Waals surface area (Å²) >= 11 is 3.40. The topological polar surface area (TPSA) is 61.3 Å². The first-order valence-corrected chi connectivity index (χ1v) is 5.77. The van der Waals surface area contributed by atoms with E-state index in [2.05, 4.69) is 15.9 Å². The van der Waals surface area contributed by atoms with Crippen molar-refractivity contribution in [3.8, 4) is 5.75 Å². The van der Waals surface area contributed by atoms with Crippen molar-refractivity contribution in [2.45, 2.75) is 18.9 Å². The molecule has 0 radical (unpaired) electrons. The minimum absolute atomic E-state index is 0. The highest BCUT2D eigenvalue weighted by Gasteiger charge is 2.11. The minimum Gasteiger partial charge on any atom is -0.496 e. The van der Waals surface area contributed by atoms with Gasteiger partial charge in [-0.3, -0.25) is 0 Å². The lowest BCUT2D eigenvalue weighted by atomic mass is 10.0.